The minimum absolute atomic E-state index is 0.0658. The summed E-state index contributed by atoms with van der Waals surface area (Å²) in [6.07, 6.45) is 1.71. The maximum absolute atomic E-state index is 5.63. The SMILES string of the molecule is Nc1nc(Cl)nc(NCc2ccccn2)n1. The number of nitrogens with zero attached hydrogens (tertiary/aromatic N) is 4. The van der Waals surface area contributed by atoms with Crippen LogP contribution < -0.4 is 11.1 Å². The highest BCUT2D eigenvalue weighted by Gasteiger charge is 2.01. The molecule has 16 heavy (non-hydrogen) atoms. The van der Waals surface area contributed by atoms with E-state index in [0.717, 1.165) is 5.69 Å². The average molecular weight is 237 g/mol. The Morgan fingerprint density at radius 2 is 2.12 bits per heavy atom. The molecular formula is C9H9ClN6. The van der Waals surface area contributed by atoms with E-state index in [0.29, 0.717) is 12.5 Å². The summed E-state index contributed by atoms with van der Waals surface area (Å²) in [4.78, 5) is 15.6. The summed E-state index contributed by atoms with van der Waals surface area (Å²) >= 11 is 5.63. The van der Waals surface area contributed by atoms with Crippen molar-refractivity contribution < 1.29 is 0 Å². The van der Waals surface area contributed by atoms with Crippen LogP contribution in [0.1, 0.15) is 5.69 Å². The van der Waals surface area contributed by atoms with Crippen LogP contribution >= 0.6 is 11.6 Å². The smallest absolute Gasteiger partial charge is 0.229 e. The van der Waals surface area contributed by atoms with Crippen LogP contribution in [0.3, 0.4) is 0 Å². The molecule has 0 spiro atoms. The van der Waals surface area contributed by atoms with Crippen LogP contribution in [0.5, 0.6) is 0 Å². The number of nitrogen functional groups attached to an aromatic ring is 1. The number of halogens is 1. The van der Waals surface area contributed by atoms with Gasteiger partial charge in [0.05, 0.1) is 12.2 Å². The largest absolute Gasteiger partial charge is 0.368 e. The van der Waals surface area contributed by atoms with E-state index in [1.807, 2.05) is 18.2 Å². The molecule has 0 fully saturated rings. The normalized spacial score (nSPS) is 10.1. The Hall–Kier alpha value is -1.95. The Morgan fingerprint density at radius 3 is 2.81 bits per heavy atom. The number of nitrogens with two attached hydrogens (primary N) is 1. The second-order valence-electron chi connectivity index (χ2n) is 2.96. The molecule has 0 saturated heterocycles. The van der Waals surface area contributed by atoms with E-state index in [1.165, 1.54) is 0 Å². The maximum atomic E-state index is 5.63. The number of nitrogens with one attached hydrogen (secondary N) is 1. The summed E-state index contributed by atoms with van der Waals surface area (Å²) in [6.45, 7) is 0.501. The number of aromatic nitrogens is 4. The molecule has 3 N–H and O–H groups in total. The summed E-state index contributed by atoms with van der Waals surface area (Å²) in [7, 11) is 0. The standard InChI is InChI=1S/C9H9ClN6/c10-7-14-8(11)16-9(15-7)13-5-6-3-1-2-4-12-6/h1-4H,5H2,(H3,11,13,14,15,16). The molecule has 2 aromatic rings. The predicted molar refractivity (Wildman–Crippen MR) is 60.8 cm³/mol. The first-order valence-electron chi connectivity index (χ1n) is 4.55. The molecule has 2 rings (SSSR count). The highest BCUT2D eigenvalue weighted by atomic mass is 35.5. The maximum Gasteiger partial charge on any atom is 0.229 e. The third-order valence-corrected chi connectivity index (χ3v) is 1.95. The minimum atomic E-state index is 0.0658. The van der Waals surface area contributed by atoms with Gasteiger partial charge in [-0.1, -0.05) is 6.07 Å². The van der Waals surface area contributed by atoms with Gasteiger partial charge in [0, 0.05) is 6.20 Å². The quantitative estimate of drug-likeness (QED) is 0.830. The van der Waals surface area contributed by atoms with Gasteiger partial charge < -0.3 is 11.1 Å². The lowest BCUT2D eigenvalue weighted by atomic mass is 10.3. The lowest BCUT2D eigenvalue weighted by Crippen LogP contribution is -2.07. The van der Waals surface area contributed by atoms with Crippen molar-refractivity contribution in [1.82, 2.24) is 19.9 Å². The molecule has 2 heterocycles. The van der Waals surface area contributed by atoms with Crippen LogP contribution in [-0.4, -0.2) is 19.9 Å². The third-order valence-electron chi connectivity index (χ3n) is 1.78. The van der Waals surface area contributed by atoms with Gasteiger partial charge in [-0.15, -0.1) is 0 Å². The first kappa shape index (κ1) is 10.6. The van der Waals surface area contributed by atoms with Gasteiger partial charge in [0.1, 0.15) is 0 Å². The van der Waals surface area contributed by atoms with Crippen molar-refractivity contribution in [2.24, 2.45) is 0 Å². The van der Waals surface area contributed by atoms with E-state index in [-0.39, 0.29) is 11.2 Å². The van der Waals surface area contributed by atoms with Crippen molar-refractivity contribution in [3.8, 4) is 0 Å². The predicted octanol–water partition coefficient (Wildman–Crippen LogP) is 1.11. The molecule has 0 bridgehead atoms. The molecule has 2 aromatic heterocycles. The summed E-state index contributed by atoms with van der Waals surface area (Å²) in [5.41, 5.74) is 6.30. The van der Waals surface area contributed by atoms with Crippen LogP contribution in [0.15, 0.2) is 24.4 Å². The molecular weight excluding hydrogens is 228 g/mol. The third kappa shape index (κ3) is 2.77. The lowest BCUT2D eigenvalue weighted by Gasteiger charge is -2.04. The van der Waals surface area contributed by atoms with Gasteiger partial charge in [0.15, 0.2) is 0 Å². The van der Waals surface area contributed by atoms with Gasteiger partial charge in [0.2, 0.25) is 17.2 Å². The Balaban J connectivity index is 2.05. The molecule has 0 radical (unpaired) electrons. The van der Waals surface area contributed by atoms with E-state index in [2.05, 4.69) is 25.3 Å². The van der Waals surface area contributed by atoms with Crippen molar-refractivity contribution in [1.29, 1.82) is 0 Å². The van der Waals surface area contributed by atoms with E-state index in [9.17, 15) is 0 Å². The molecule has 0 amide bonds. The number of rotatable bonds is 3. The summed E-state index contributed by atoms with van der Waals surface area (Å²) in [5.74, 6) is 0.423. The topological polar surface area (TPSA) is 89.6 Å². The number of hydrogen-bond acceptors (Lipinski definition) is 6. The van der Waals surface area contributed by atoms with E-state index in [1.54, 1.807) is 6.20 Å². The van der Waals surface area contributed by atoms with Gasteiger partial charge in [0.25, 0.3) is 0 Å². The minimum Gasteiger partial charge on any atom is -0.368 e. The monoisotopic (exact) mass is 236 g/mol. The van der Waals surface area contributed by atoms with Crippen LogP contribution in [0.2, 0.25) is 5.28 Å². The molecule has 0 aliphatic rings. The summed E-state index contributed by atoms with van der Waals surface area (Å²) < 4.78 is 0. The van der Waals surface area contributed by atoms with Gasteiger partial charge in [-0.05, 0) is 23.7 Å². The Kier molecular flexibility index (Phi) is 3.11. The molecule has 0 atom stereocenters. The summed E-state index contributed by atoms with van der Waals surface area (Å²) in [6, 6.07) is 5.64. The average Bonchev–Trinajstić information content (AvgIpc) is 2.27. The fraction of sp³-hybridized carbons (Fsp3) is 0.111. The first-order valence-corrected chi connectivity index (χ1v) is 4.92. The molecule has 0 aliphatic heterocycles. The zero-order chi connectivity index (χ0) is 11.4. The molecule has 82 valence electrons. The fourth-order valence-corrected chi connectivity index (χ4v) is 1.28. The Morgan fingerprint density at radius 1 is 1.25 bits per heavy atom. The van der Waals surface area contributed by atoms with Crippen molar-refractivity contribution in [2.45, 2.75) is 6.54 Å². The Bertz CT molecular complexity index is 454. The molecule has 7 heteroatoms. The van der Waals surface area contributed by atoms with Crippen LogP contribution in [0, 0.1) is 0 Å². The van der Waals surface area contributed by atoms with E-state index >= 15 is 0 Å². The number of pyridine rings is 1. The van der Waals surface area contributed by atoms with Gasteiger partial charge in [-0.3, -0.25) is 4.98 Å². The van der Waals surface area contributed by atoms with Crippen molar-refractivity contribution in [3.05, 3.63) is 35.4 Å². The molecule has 0 aromatic carbocycles. The number of hydrogen-bond donors (Lipinski definition) is 2. The second-order valence-corrected chi connectivity index (χ2v) is 3.30. The van der Waals surface area contributed by atoms with Gasteiger partial charge >= 0.3 is 0 Å². The van der Waals surface area contributed by atoms with Crippen molar-refractivity contribution >= 4 is 23.5 Å². The highest BCUT2D eigenvalue weighted by molar-refractivity contribution is 6.28. The van der Waals surface area contributed by atoms with Crippen molar-refractivity contribution in [3.63, 3.8) is 0 Å². The molecule has 0 unspecified atom stereocenters. The Labute approximate surface area is 96.9 Å². The van der Waals surface area contributed by atoms with Gasteiger partial charge in [-0.25, -0.2) is 0 Å². The summed E-state index contributed by atoms with van der Waals surface area (Å²) in [5, 5.41) is 3.02. The van der Waals surface area contributed by atoms with Crippen molar-refractivity contribution in [2.75, 3.05) is 11.1 Å². The lowest BCUT2D eigenvalue weighted by molar-refractivity contribution is 0.980. The van der Waals surface area contributed by atoms with E-state index < -0.39 is 0 Å². The fourth-order valence-electron chi connectivity index (χ4n) is 1.12. The molecule has 6 nitrogen and oxygen atoms in total. The second kappa shape index (κ2) is 4.71. The van der Waals surface area contributed by atoms with Gasteiger partial charge in [-0.2, -0.15) is 15.0 Å². The van der Waals surface area contributed by atoms with E-state index in [4.69, 9.17) is 17.3 Å². The van der Waals surface area contributed by atoms with Crippen LogP contribution in [0.4, 0.5) is 11.9 Å². The van der Waals surface area contributed by atoms with Crippen LogP contribution in [0.25, 0.3) is 0 Å². The highest BCUT2D eigenvalue weighted by Crippen LogP contribution is 2.07. The zero-order valence-corrected chi connectivity index (χ0v) is 9.02. The number of anilines is 2. The molecule has 0 saturated carbocycles. The zero-order valence-electron chi connectivity index (χ0n) is 8.26. The van der Waals surface area contributed by atoms with Crippen LogP contribution in [-0.2, 0) is 6.54 Å². The first-order chi connectivity index (χ1) is 7.74. The molecule has 0 aliphatic carbocycles.